The van der Waals surface area contributed by atoms with E-state index in [4.69, 9.17) is 0 Å². The molecule has 0 saturated heterocycles. The highest BCUT2D eigenvalue weighted by atomic mass is 16.1. The van der Waals surface area contributed by atoms with Gasteiger partial charge in [-0.15, -0.1) is 0 Å². The van der Waals surface area contributed by atoms with Crippen molar-refractivity contribution in [3.63, 3.8) is 0 Å². The van der Waals surface area contributed by atoms with E-state index in [2.05, 4.69) is 19.9 Å². The van der Waals surface area contributed by atoms with Gasteiger partial charge in [-0.1, -0.05) is 19.4 Å². The number of carbonyl (C=O) groups excluding carboxylic acids is 1. The van der Waals surface area contributed by atoms with Crippen LogP contribution >= 0.6 is 0 Å². The lowest BCUT2D eigenvalue weighted by atomic mass is 9.49. The van der Waals surface area contributed by atoms with Crippen LogP contribution in [0.2, 0.25) is 0 Å². The highest BCUT2D eigenvalue weighted by molar-refractivity contribution is 5.91. The van der Waals surface area contributed by atoms with Gasteiger partial charge in [0, 0.05) is 6.42 Å². The third kappa shape index (κ3) is 1.87. The van der Waals surface area contributed by atoms with Crippen molar-refractivity contribution in [1.82, 2.24) is 0 Å². The molecule has 0 amide bonds. The normalized spacial score (nSPS) is 50.4. The van der Waals surface area contributed by atoms with Gasteiger partial charge >= 0.3 is 0 Å². The van der Waals surface area contributed by atoms with Gasteiger partial charge in [0.25, 0.3) is 0 Å². The fraction of sp³-hybridized carbons (Fsp3) is 0.800. The fourth-order valence-corrected chi connectivity index (χ4v) is 6.80. The largest absolute Gasteiger partial charge is 0.295 e. The second-order valence-electron chi connectivity index (χ2n) is 8.66. The van der Waals surface area contributed by atoms with Crippen LogP contribution in [0.5, 0.6) is 0 Å². The van der Waals surface area contributed by atoms with E-state index in [0.717, 1.165) is 43.4 Å². The third-order valence-corrected chi connectivity index (χ3v) is 7.80. The Morgan fingerprint density at radius 1 is 1.27 bits per heavy atom. The highest BCUT2D eigenvalue weighted by Gasteiger charge is 2.57. The number of rotatable bonds is 0. The van der Waals surface area contributed by atoms with Crippen molar-refractivity contribution in [3.8, 4) is 6.07 Å². The molecule has 0 N–H and O–H groups in total. The Hall–Kier alpha value is -1.10. The van der Waals surface area contributed by atoms with Crippen LogP contribution in [-0.4, -0.2) is 5.78 Å². The van der Waals surface area contributed by atoms with E-state index in [1.54, 1.807) is 0 Å². The fourth-order valence-electron chi connectivity index (χ4n) is 6.80. The smallest absolute Gasteiger partial charge is 0.155 e. The molecule has 0 aromatic heterocycles. The summed E-state index contributed by atoms with van der Waals surface area (Å²) in [4.78, 5) is 11.8. The first-order chi connectivity index (χ1) is 10.5. The van der Waals surface area contributed by atoms with E-state index in [1.165, 1.54) is 24.8 Å². The second-order valence-corrected chi connectivity index (χ2v) is 8.66. The molecule has 3 saturated carbocycles. The molecule has 7 unspecified atom stereocenters. The molecule has 0 aromatic carbocycles. The lowest BCUT2D eigenvalue weighted by molar-refractivity contribution is -0.116. The summed E-state index contributed by atoms with van der Waals surface area (Å²) in [5.41, 5.74) is 1.72. The van der Waals surface area contributed by atoms with E-state index in [1.807, 2.05) is 6.08 Å². The van der Waals surface area contributed by atoms with Crippen molar-refractivity contribution < 1.29 is 4.79 Å². The van der Waals surface area contributed by atoms with Crippen LogP contribution in [0, 0.1) is 52.3 Å². The van der Waals surface area contributed by atoms with Crippen LogP contribution in [-0.2, 0) is 4.79 Å². The van der Waals surface area contributed by atoms with Crippen LogP contribution in [0.4, 0.5) is 0 Å². The Labute approximate surface area is 134 Å². The summed E-state index contributed by atoms with van der Waals surface area (Å²) >= 11 is 0. The minimum absolute atomic E-state index is 0.260. The van der Waals surface area contributed by atoms with Gasteiger partial charge in [-0.3, -0.25) is 4.79 Å². The summed E-state index contributed by atoms with van der Waals surface area (Å²) in [6, 6.07) is 2.62. The minimum Gasteiger partial charge on any atom is -0.295 e. The number of hydrogen-bond donors (Lipinski definition) is 0. The quantitative estimate of drug-likeness (QED) is 0.660. The molecule has 0 bridgehead atoms. The Balaban J connectivity index is 1.68. The van der Waals surface area contributed by atoms with Gasteiger partial charge in [-0.25, -0.2) is 0 Å². The molecule has 2 nitrogen and oxygen atoms in total. The zero-order valence-corrected chi connectivity index (χ0v) is 13.8. The van der Waals surface area contributed by atoms with E-state index in [9.17, 15) is 10.1 Å². The van der Waals surface area contributed by atoms with E-state index in [-0.39, 0.29) is 11.3 Å². The molecular weight excluding hydrogens is 270 g/mol. The molecule has 7 atom stereocenters. The van der Waals surface area contributed by atoms with E-state index >= 15 is 0 Å². The maximum Gasteiger partial charge on any atom is 0.155 e. The lowest BCUT2D eigenvalue weighted by Crippen LogP contribution is -2.49. The summed E-state index contributed by atoms with van der Waals surface area (Å²) in [7, 11) is 0. The zero-order valence-electron chi connectivity index (χ0n) is 13.8. The monoisotopic (exact) mass is 297 g/mol. The lowest BCUT2D eigenvalue weighted by Gasteiger charge is -2.55. The Kier molecular flexibility index (Phi) is 3.26. The predicted molar refractivity (Wildman–Crippen MR) is 85.7 cm³/mol. The van der Waals surface area contributed by atoms with Gasteiger partial charge in [0.2, 0.25) is 0 Å². The van der Waals surface area contributed by atoms with Gasteiger partial charge in [-0.2, -0.15) is 5.26 Å². The number of hydrogen-bond acceptors (Lipinski definition) is 2. The van der Waals surface area contributed by atoms with Gasteiger partial charge in [-0.05, 0) is 79.6 Å². The molecule has 0 aliphatic heterocycles. The first-order valence-corrected chi connectivity index (χ1v) is 9.17. The summed E-state index contributed by atoms with van der Waals surface area (Å²) in [6.07, 6.45) is 9.82. The number of ketones is 1. The maximum absolute atomic E-state index is 11.8. The summed E-state index contributed by atoms with van der Waals surface area (Å²) in [5.74, 6) is 4.28. The van der Waals surface area contributed by atoms with Crippen LogP contribution in [0.25, 0.3) is 0 Å². The molecule has 3 fully saturated rings. The van der Waals surface area contributed by atoms with E-state index in [0.29, 0.717) is 17.6 Å². The SMILES string of the molecule is CC1CC2=CC(=O)CCC2C2CCC3(C)C(C#N)CCC3C12. The third-order valence-electron chi connectivity index (χ3n) is 7.80. The Morgan fingerprint density at radius 2 is 2.09 bits per heavy atom. The van der Waals surface area contributed by atoms with Crippen molar-refractivity contribution in [2.75, 3.05) is 0 Å². The minimum atomic E-state index is 0.260. The number of nitriles is 1. The van der Waals surface area contributed by atoms with E-state index < -0.39 is 0 Å². The molecule has 0 radical (unpaired) electrons. The standard InChI is InChI=1S/C20H27NO/c1-12-9-13-10-15(22)4-5-16(13)17-7-8-20(2)14(11-21)3-6-18(20)19(12)17/h10,12,14,16-19H,3-9H2,1-2H3. The summed E-state index contributed by atoms with van der Waals surface area (Å²) in [6.45, 7) is 4.80. The highest BCUT2D eigenvalue weighted by Crippen LogP contribution is 2.64. The average molecular weight is 297 g/mol. The molecule has 118 valence electrons. The molecule has 4 aliphatic rings. The molecule has 0 aromatic rings. The molecule has 4 aliphatic carbocycles. The summed E-state index contributed by atoms with van der Waals surface area (Å²) in [5, 5.41) is 9.55. The Morgan fingerprint density at radius 3 is 2.86 bits per heavy atom. The topological polar surface area (TPSA) is 40.9 Å². The first kappa shape index (κ1) is 14.5. The van der Waals surface area contributed by atoms with Crippen LogP contribution < -0.4 is 0 Å². The van der Waals surface area contributed by atoms with Gasteiger partial charge in [0.1, 0.15) is 0 Å². The zero-order chi connectivity index (χ0) is 15.5. The van der Waals surface area contributed by atoms with Crippen molar-refractivity contribution in [2.45, 2.75) is 58.8 Å². The second kappa shape index (κ2) is 4.95. The van der Waals surface area contributed by atoms with Crippen LogP contribution in [0.15, 0.2) is 11.6 Å². The van der Waals surface area contributed by atoms with Crippen molar-refractivity contribution in [2.24, 2.45) is 40.9 Å². The molecule has 0 spiro atoms. The predicted octanol–water partition coefficient (Wildman–Crippen LogP) is 4.51. The first-order valence-electron chi connectivity index (χ1n) is 9.17. The number of allylic oxidation sites excluding steroid dienone is 1. The van der Waals surface area contributed by atoms with Crippen LogP contribution in [0.1, 0.15) is 58.8 Å². The number of fused-ring (bicyclic) bond motifs is 5. The van der Waals surface area contributed by atoms with Gasteiger partial charge < -0.3 is 0 Å². The van der Waals surface area contributed by atoms with Crippen molar-refractivity contribution >= 4 is 5.78 Å². The molecule has 22 heavy (non-hydrogen) atoms. The number of nitrogens with zero attached hydrogens (tertiary/aromatic N) is 1. The maximum atomic E-state index is 11.8. The molecule has 4 rings (SSSR count). The molecular formula is C20H27NO. The van der Waals surface area contributed by atoms with Gasteiger partial charge in [0.05, 0.1) is 12.0 Å². The number of carbonyl (C=O) groups is 1. The summed E-state index contributed by atoms with van der Waals surface area (Å²) < 4.78 is 0. The van der Waals surface area contributed by atoms with Gasteiger partial charge in [0.15, 0.2) is 5.78 Å². The molecule has 2 heteroatoms. The van der Waals surface area contributed by atoms with Crippen molar-refractivity contribution in [3.05, 3.63) is 11.6 Å². The van der Waals surface area contributed by atoms with Crippen molar-refractivity contribution in [1.29, 1.82) is 5.26 Å². The molecule has 0 heterocycles. The van der Waals surface area contributed by atoms with Crippen LogP contribution in [0.3, 0.4) is 0 Å². The average Bonchev–Trinajstić information content (AvgIpc) is 2.83. The Bertz CT molecular complexity index is 571.